The van der Waals surface area contributed by atoms with Crippen molar-refractivity contribution in [3.8, 4) is 0 Å². The summed E-state index contributed by atoms with van der Waals surface area (Å²) in [6.45, 7) is 2.03. The maximum atomic E-state index is 10.5. The second-order valence-electron chi connectivity index (χ2n) is 3.75. The zero-order valence-electron chi connectivity index (χ0n) is 8.58. The molecule has 78 valence electrons. The SMILES string of the molecule is Cc1cc(CCC(=O)O)cc2cc[nH]c12. The lowest BCUT2D eigenvalue weighted by molar-refractivity contribution is -0.136. The summed E-state index contributed by atoms with van der Waals surface area (Å²) >= 11 is 0. The predicted molar refractivity (Wildman–Crippen MR) is 59.0 cm³/mol. The van der Waals surface area contributed by atoms with E-state index in [0.717, 1.165) is 22.0 Å². The van der Waals surface area contributed by atoms with Crippen LogP contribution in [-0.4, -0.2) is 16.1 Å². The molecule has 0 saturated carbocycles. The van der Waals surface area contributed by atoms with Crippen LogP contribution in [0.2, 0.25) is 0 Å². The zero-order valence-corrected chi connectivity index (χ0v) is 8.58. The summed E-state index contributed by atoms with van der Waals surface area (Å²) in [6, 6.07) is 6.09. The number of rotatable bonds is 3. The van der Waals surface area contributed by atoms with Gasteiger partial charge in [-0.1, -0.05) is 6.07 Å². The first-order valence-corrected chi connectivity index (χ1v) is 4.95. The normalized spacial score (nSPS) is 10.7. The summed E-state index contributed by atoms with van der Waals surface area (Å²) in [5.74, 6) is -0.748. The summed E-state index contributed by atoms with van der Waals surface area (Å²) in [6.07, 6.45) is 2.69. The van der Waals surface area contributed by atoms with Crippen LogP contribution in [0, 0.1) is 6.92 Å². The third-order valence-electron chi connectivity index (χ3n) is 2.54. The number of aryl methyl sites for hydroxylation is 2. The Labute approximate surface area is 87.7 Å². The van der Waals surface area contributed by atoms with Gasteiger partial charge >= 0.3 is 5.97 Å². The van der Waals surface area contributed by atoms with Crippen LogP contribution in [0.15, 0.2) is 24.4 Å². The second-order valence-corrected chi connectivity index (χ2v) is 3.75. The van der Waals surface area contributed by atoms with Gasteiger partial charge in [-0.2, -0.15) is 0 Å². The number of aliphatic carboxylic acids is 1. The molecular weight excluding hydrogens is 190 g/mol. The van der Waals surface area contributed by atoms with E-state index in [0.29, 0.717) is 6.42 Å². The molecule has 0 radical (unpaired) electrons. The number of fused-ring (bicyclic) bond motifs is 1. The molecule has 0 spiro atoms. The molecule has 0 unspecified atom stereocenters. The lowest BCUT2D eigenvalue weighted by atomic mass is 10.0. The third-order valence-corrected chi connectivity index (χ3v) is 2.54. The smallest absolute Gasteiger partial charge is 0.303 e. The Bertz CT molecular complexity index is 499. The van der Waals surface area contributed by atoms with Crippen LogP contribution in [0.3, 0.4) is 0 Å². The molecule has 0 atom stereocenters. The summed E-state index contributed by atoms with van der Waals surface area (Å²) in [4.78, 5) is 13.6. The average Bonchev–Trinajstić information content (AvgIpc) is 2.63. The lowest BCUT2D eigenvalue weighted by Crippen LogP contribution is -1.97. The fourth-order valence-corrected chi connectivity index (χ4v) is 1.83. The van der Waals surface area contributed by atoms with Gasteiger partial charge in [0.1, 0.15) is 0 Å². The molecule has 0 fully saturated rings. The summed E-state index contributed by atoms with van der Waals surface area (Å²) in [7, 11) is 0. The van der Waals surface area contributed by atoms with Crippen molar-refractivity contribution in [1.29, 1.82) is 0 Å². The summed E-state index contributed by atoms with van der Waals surface area (Å²) < 4.78 is 0. The Balaban J connectivity index is 2.32. The van der Waals surface area contributed by atoms with Crippen LogP contribution in [-0.2, 0) is 11.2 Å². The monoisotopic (exact) mass is 203 g/mol. The molecule has 3 heteroatoms. The number of carboxylic acid groups (broad SMARTS) is 1. The maximum absolute atomic E-state index is 10.5. The highest BCUT2D eigenvalue weighted by Gasteiger charge is 2.03. The molecule has 1 heterocycles. The van der Waals surface area contributed by atoms with Gasteiger partial charge in [0.05, 0.1) is 0 Å². The van der Waals surface area contributed by atoms with Crippen molar-refractivity contribution in [3.05, 3.63) is 35.5 Å². The standard InChI is InChI=1S/C12H13NO2/c1-8-6-9(2-3-11(14)15)7-10-4-5-13-12(8)10/h4-7,13H,2-3H2,1H3,(H,14,15). The number of nitrogens with one attached hydrogen (secondary N) is 1. The molecule has 0 aliphatic carbocycles. The Hall–Kier alpha value is -1.77. The highest BCUT2D eigenvalue weighted by atomic mass is 16.4. The Morgan fingerprint density at radius 3 is 3.00 bits per heavy atom. The van der Waals surface area contributed by atoms with Gasteiger partial charge in [-0.25, -0.2) is 0 Å². The van der Waals surface area contributed by atoms with Crippen molar-refractivity contribution in [2.24, 2.45) is 0 Å². The topological polar surface area (TPSA) is 53.1 Å². The summed E-state index contributed by atoms with van der Waals surface area (Å²) in [5, 5.41) is 9.76. The summed E-state index contributed by atoms with van der Waals surface area (Å²) in [5.41, 5.74) is 3.38. The van der Waals surface area contributed by atoms with E-state index in [4.69, 9.17) is 5.11 Å². The van der Waals surface area contributed by atoms with Gasteiger partial charge in [0, 0.05) is 18.1 Å². The number of aromatic nitrogens is 1. The van der Waals surface area contributed by atoms with Crippen molar-refractivity contribution < 1.29 is 9.90 Å². The molecule has 0 aliphatic heterocycles. The minimum atomic E-state index is -0.748. The van der Waals surface area contributed by atoms with Gasteiger partial charge < -0.3 is 10.1 Å². The van der Waals surface area contributed by atoms with Crippen LogP contribution in [0.4, 0.5) is 0 Å². The first-order valence-electron chi connectivity index (χ1n) is 4.95. The van der Waals surface area contributed by atoms with Crippen molar-refractivity contribution in [3.63, 3.8) is 0 Å². The molecular formula is C12H13NO2. The molecule has 0 saturated heterocycles. The number of aromatic amines is 1. The number of hydrogen-bond donors (Lipinski definition) is 2. The highest BCUT2D eigenvalue weighted by Crippen LogP contribution is 2.19. The van der Waals surface area contributed by atoms with Crippen molar-refractivity contribution in [1.82, 2.24) is 4.98 Å². The molecule has 0 bridgehead atoms. The first kappa shape index (κ1) is 9.77. The molecule has 0 aliphatic rings. The van der Waals surface area contributed by atoms with Crippen LogP contribution < -0.4 is 0 Å². The third kappa shape index (κ3) is 2.01. The Kier molecular flexibility index (Phi) is 2.46. The molecule has 15 heavy (non-hydrogen) atoms. The number of hydrogen-bond acceptors (Lipinski definition) is 1. The fraction of sp³-hybridized carbons (Fsp3) is 0.250. The van der Waals surface area contributed by atoms with E-state index in [-0.39, 0.29) is 6.42 Å². The lowest BCUT2D eigenvalue weighted by Gasteiger charge is -2.02. The van der Waals surface area contributed by atoms with Crippen molar-refractivity contribution in [2.75, 3.05) is 0 Å². The van der Waals surface area contributed by atoms with Crippen molar-refractivity contribution in [2.45, 2.75) is 19.8 Å². The number of carbonyl (C=O) groups is 1. The van der Waals surface area contributed by atoms with Crippen LogP contribution in [0.1, 0.15) is 17.5 Å². The van der Waals surface area contributed by atoms with E-state index in [1.54, 1.807) is 0 Å². The van der Waals surface area contributed by atoms with Gasteiger partial charge in [-0.3, -0.25) is 4.79 Å². The van der Waals surface area contributed by atoms with E-state index in [1.807, 2.05) is 31.3 Å². The predicted octanol–water partition coefficient (Wildman–Crippen LogP) is 2.49. The van der Waals surface area contributed by atoms with E-state index in [9.17, 15) is 4.79 Å². The number of H-pyrrole nitrogens is 1. The zero-order chi connectivity index (χ0) is 10.8. The maximum Gasteiger partial charge on any atom is 0.303 e. The van der Waals surface area contributed by atoms with Gasteiger partial charge in [0.2, 0.25) is 0 Å². The van der Waals surface area contributed by atoms with E-state index in [2.05, 4.69) is 4.98 Å². The van der Waals surface area contributed by atoms with Crippen molar-refractivity contribution >= 4 is 16.9 Å². The van der Waals surface area contributed by atoms with Crippen LogP contribution in [0.5, 0.6) is 0 Å². The van der Waals surface area contributed by atoms with Gasteiger partial charge in [0.15, 0.2) is 0 Å². The quantitative estimate of drug-likeness (QED) is 0.805. The molecule has 2 N–H and O–H groups in total. The average molecular weight is 203 g/mol. The number of carboxylic acids is 1. The largest absolute Gasteiger partial charge is 0.481 e. The minimum absolute atomic E-state index is 0.190. The Morgan fingerprint density at radius 1 is 1.47 bits per heavy atom. The molecule has 1 aromatic carbocycles. The molecule has 3 nitrogen and oxygen atoms in total. The van der Waals surface area contributed by atoms with Gasteiger partial charge in [-0.15, -0.1) is 0 Å². The number of benzene rings is 1. The van der Waals surface area contributed by atoms with E-state index in [1.165, 1.54) is 0 Å². The minimum Gasteiger partial charge on any atom is -0.481 e. The molecule has 2 aromatic rings. The molecule has 0 amide bonds. The second kappa shape index (κ2) is 3.77. The highest BCUT2D eigenvalue weighted by molar-refractivity contribution is 5.83. The van der Waals surface area contributed by atoms with E-state index >= 15 is 0 Å². The van der Waals surface area contributed by atoms with Gasteiger partial charge in [0.25, 0.3) is 0 Å². The van der Waals surface area contributed by atoms with Gasteiger partial charge in [-0.05, 0) is 42.0 Å². The molecule has 1 aromatic heterocycles. The van der Waals surface area contributed by atoms with Crippen LogP contribution in [0.25, 0.3) is 10.9 Å². The fourth-order valence-electron chi connectivity index (χ4n) is 1.83. The van der Waals surface area contributed by atoms with E-state index < -0.39 is 5.97 Å². The van der Waals surface area contributed by atoms with Crippen LogP contribution >= 0.6 is 0 Å². The molecule has 2 rings (SSSR count). The Morgan fingerprint density at radius 2 is 2.27 bits per heavy atom. The first-order chi connectivity index (χ1) is 7.16.